The minimum atomic E-state index is -3.49. The molecule has 0 spiro atoms. The normalized spacial score (nSPS) is 25.0. The standard InChI is InChI=1S/C13H25N3O2S2/c14-12(19)13(8-4-1-2-5-9-13)15-20(17,18)16-10-6-3-7-11-16/h15H,1-11H2,(H2,14,19). The largest absolute Gasteiger partial charge is 0.392 e. The van der Waals surface area contributed by atoms with Crippen LogP contribution >= 0.6 is 12.2 Å². The summed E-state index contributed by atoms with van der Waals surface area (Å²) >= 11 is 5.19. The van der Waals surface area contributed by atoms with Gasteiger partial charge in [-0.2, -0.15) is 17.4 Å². The summed E-state index contributed by atoms with van der Waals surface area (Å²) in [5.41, 5.74) is 5.17. The third kappa shape index (κ3) is 3.69. The summed E-state index contributed by atoms with van der Waals surface area (Å²) in [7, 11) is -3.49. The minimum absolute atomic E-state index is 0.292. The van der Waals surface area contributed by atoms with Gasteiger partial charge >= 0.3 is 0 Å². The third-order valence-corrected chi connectivity index (χ3v) is 6.49. The number of piperidine rings is 1. The first-order valence-corrected chi connectivity index (χ1v) is 9.40. The first-order chi connectivity index (χ1) is 9.46. The molecule has 1 aliphatic carbocycles. The van der Waals surface area contributed by atoms with E-state index < -0.39 is 15.7 Å². The Labute approximate surface area is 127 Å². The van der Waals surface area contributed by atoms with Gasteiger partial charge in [-0.3, -0.25) is 0 Å². The molecule has 1 saturated carbocycles. The number of nitrogens with two attached hydrogens (primary N) is 1. The Morgan fingerprint density at radius 1 is 1.00 bits per heavy atom. The van der Waals surface area contributed by atoms with Gasteiger partial charge in [0.25, 0.3) is 10.2 Å². The maximum absolute atomic E-state index is 12.6. The maximum Gasteiger partial charge on any atom is 0.280 e. The van der Waals surface area contributed by atoms with Crippen molar-refractivity contribution in [3.05, 3.63) is 0 Å². The van der Waals surface area contributed by atoms with Crippen LogP contribution in [0.3, 0.4) is 0 Å². The summed E-state index contributed by atoms with van der Waals surface area (Å²) < 4.78 is 29.5. The number of hydrogen-bond donors (Lipinski definition) is 2. The molecule has 5 nitrogen and oxygen atoms in total. The summed E-state index contributed by atoms with van der Waals surface area (Å²) in [5.74, 6) is 0. The van der Waals surface area contributed by atoms with Crippen LogP contribution in [0.25, 0.3) is 0 Å². The zero-order valence-electron chi connectivity index (χ0n) is 11.9. The topological polar surface area (TPSA) is 75.4 Å². The second-order valence-electron chi connectivity index (χ2n) is 5.93. The van der Waals surface area contributed by atoms with E-state index in [0.717, 1.165) is 57.8 Å². The van der Waals surface area contributed by atoms with E-state index in [4.69, 9.17) is 18.0 Å². The molecule has 0 bridgehead atoms. The summed E-state index contributed by atoms with van der Waals surface area (Å²) in [6, 6.07) is 0. The highest BCUT2D eigenvalue weighted by atomic mass is 32.2. The summed E-state index contributed by atoms with van der Waals surface area (Å²) in [4.78, 5) is 0.292. The molecule has 1 aliphatic heterocycles. The Morgan fingerprint density at radius 3 is 2.00 bits per heavy atom. The van der Waals surface area contributed by atoms with E-state index in [-0.39, 0.29) is 0 Å². The highest BCUT2D eigenvalue weighted by Crippen LogP contribution is 2.29. The first-order valence-electron chi connectivity index (χ1n) is 7.55. The van der Waals surface area contributed by atoms with Crippen molar-refractivity contribution < 1.29 is 8.42 Å². The van der Waals surface area contributed by atoms with E-state index in [1.54, 1.807) is 4.31 Å². The monoisotopic (exact) mass is 319 g/mol. The van der Waals surface area contributed by atoms with Crippen LogP contribution in [0.2, 0.25) is 0 Å². The summed E-state index contributed by atoms with van der Waals surface area (Å²) in [5, 5.41) is 0. The average Bonchev–Trinajstić information content (AvgIpc) is 2.66. The molecule has 0 radical (unpaired) electrons. The number of nitrogens with one attached hydrogen (secondary N) is 1. The number of hydrogen-bond acceptors (Lipinski definition) is 3. The third-order valence-electron chi connectivity index (χ3n) is 4.41. The second-order valence-corrected chi connectivity index (χ2v) is 8.04. The van der Waals surface area contributed by atoms with Crippen LogP contribution in [-0.4, -0.2) is 36.3 Å². The fourth-order valence-electron chi connectivity index (χ4n) is 3.15. The SMILES string of the molecule is NC(=S)C1(NS(=O)(=O)N2CCCCC2)CCCCCC1. The lowest BCUT2D eigenvalue weighted by molar-refractivity contribution is 0.329. The van der Waals surface area contributed by atoms with Gasteiger partial charge in [0.2, 0.25) is 0 Å². The van der Waals surface area contributed by atoms with Gasteiger partial charge in [0.15, 0.2) is 0 Å². The van der Waals surface area contributed by atoms with Gasteiger partial charge in [0, 0.05) is 13.1 Å². The van der Waals surface area contributed by atoms with Gasteiger partial charge in [-0.05, 0) is 25.7 Å². The quantitative estimate of drug-likeness (QED) is 0.611. The predicted molar refractivity (Wildman–Crippen MR) is 84.7 cm³/mol. The fraction of sp³-hybridized carbons (Fsp3) is 0.923. The molecule has 0 aromatic rings. The van der Waals surface area contributed by atoms with Crippen LogP contribution in [0.5, 0.6) is 0 Å². The molecular weight excluding hydrogens is 294 g/mol. The molecule has 2 aliphatic rings. The van der Waals surface area contributed by atoms with Crippen LogP contribution in [0, 0.1) is 0 Å². The molecule has 2 fully saturated rings. The zero-order chi connectivity index (χ0) is 14.6. The smallest absolute Gasteiger partial charge is 0.280 e. The molecule has 20 heavy (non-hydrogen) atoms. The van der Waals surface area contributed by atoms with Crippen LogP contribution < -0.4 is 10.5 Å². The lowest BCUT2D eigenvalue weighted by atomic mass is 9.91. The number of thiocarbonyl (C=S) groups is 1. The van der Waals surface area contributed by atoms with Crippen LogP contribution in [0.15, 0.2) is 0 Å². The Kier molecular flexibility index (Phi) is 5.39. The van der Waals surface area contributed by atoms with Gasteiger partial charge < -0.3 is 5.73 Å². The molecule has 0 aromatic carbocycles. The molecule has 2 rings (SSSR count). The highest BCUT2D eigenvalue weighted by Gasteiger charge is 2.39. The summed E-state index contributed by atoms with van der Waals surface area (Å²) in [6.45, 7) is 1.20. The van der Waals surface area contributed by atoms with Crippen molar-refractivity contribution >= 4 is 27.4 Å². The Hall–Kier alpha value is -0.240. The molecule has 116 valence electrons. The van der Waals surface area contributed by atoms with E-state index in [2.05, 4.69) is 4.72 Å². The number of rotatable bonds is 4. The van der Waals surface area contributed by atoms with Crippen molar-refractivity contribution in [2.45, 2.75) is 63.3 Å². The van der Waals surface area contributed by atoms with Gasteiger partial charge in [-0.25, -0.2) is 0 Å². The van der Waals surface area contributed by atoms with Crippen molar-refractivity contribution in [3.8, 4) is 0 Å². The molecule has 3 N–H and O–H groups in total. The average molecular weight is 319 g/mol. The van der Waals surface area contributed by atoms with Crippen molar-refractivity contribution in [1.82, 2.24) is 9.03 Å². The van der Waals surface area contributed by atoms with E-state index in [0.29, 0.717) is 18.1 Å². The number of nitrogens with zero attached hydrogens (tertiary/aromatic N) is 1. The van der Waals surface area contributed by atoms with E-state index in [9.17, 15) is 8.42 Å². The molecule has 1 heterocycles. The second kappa shape index (κ2) is 6.68. The van der Waals surface area contributed by atoms with Gasteiger partial charge in [-0.1, -0.05) is 44.3 Å². The van der Waals surface area contributed by atoms with Gasteiger partial charge in [0.05, 0.1) is 10.5 Å². The van der Waals surface area contributed by atoms with Crippen LogP contribution in [0.4, 0.5) is 0 Å². The predicted octanol–water partition coefficient (Wildman–Crippen LogP) is 1.69. The van der Waals surface area contributed by atoms with E-state index in [1.165, 1.54) is 0 Å². The molecule has 0 amide bonds. The molecule has 0 atom stereocenters. The first kappa shape index (κ1) is 16.1. The van der Waals surface area contributed by atoms with Crippen LogP contribution in [0.1, 0.15) is 57.8 Å². The van der Waals surface area contributed by atoms with E-state index in [1.807, 2.05) is 0 Å². The molecule has 0 aromatic heterocycles. The molecular formula is C13H25N3O2S2. The zero-order valence-corrected chi connectivity index (χ0v) is 13.6. The fourth-order valence-corrected chi connectivity index (χ4v) is 5.14. The minimum Gasteiger partial charge on any atom is -0.392 e. The van der Waals surface area contributed by atoms with E-state index >= 15 is 0 Å². The van der Waals surface area contributed by atoms with Crippen LogP contribution in [-0.2, 0) is 10.2 Å². The summed E-state index contributed by atoms with van der Waals surface area (Å²) in [6.07, 6.45) is 8.59. The van der Waals surface area contributed by atoms with Crippen molar-refractivity contribution in [2.24, 2.45) is 5.73 Å². The molecule has 0 unspecified atom stereocenters. The Morgan fingerprint density at radius 2 is 1.50 bits per heavy atom. The molecule has 7 heteroatoms. The Bertz CT molecular complexity index is 437. The highest BCUT2D eigenvalue weighted by molar-refractivity contribution is 7.87. The van der Waals surface area contributed by atoms with Gasteiger partial charge in [0.1, 0.15) is 0 Å². The van der Waals surface area contributed by atoms with Crippen molar-refractivity contribution in [1.29, 1.82) is 0 Å². The lowest BCUT2D eigenvalue weighted by Gasteiger charge is -2.36. The van der Waals surface area contributed by atoms with Crippen molar-refractivity contribution in [3.63, 3.8) is 0 Å². The molecule has 1 saturated heterocycles. The van der Waals surface area contributed by atoms with Crippen molar-refractivity contribution in [2.75, 3.05) is 13.1 Å². The Balaban J connectivity index is 2.16. The lowest BCUT2D eigenvalue weighted by Crippen LogP contribution is -2.59. The van der Waals surface area contributed by atoms with Gasteiger partial charge in [-0.15, -0.1) is 0 Å². The maximum atomic E-state index is 12.6.